The number of imidazole rings is 1. The lowest BCUT2D eigenvalue weighted by molar-refractivity contribution is -0.113. The zero-order valence-electron chi connectivity index (χ0n) is 17.8. The number of amides is 1. The van der Waals surface area contributed by atoms with Crippen molar-refractivity contribution in [2.45, 2.75) is 25.6 Å². The molecule has 0 saturated carbocycles. The van der Waals surface area contributed by atoms with Crippen LogP contribution in [0.2, 0.25) is 0 Å². The molecular formula is C23H21N5O2S3. The Balaban J connectivity index is 1.26. The first-order chi connectivity index (χ1) is 16.1. The van der Waals surface area contributed by atoms with Crippen LogP contribution in [0.1, 0.15) is 19.2 Å². The Morgan fingerprint density at radius 2 is 2.06 bits per heavy atom. The van der Waals surface area contributed by atoms with Crippen molar-refractivity contribution in [2.75, 3.05) is 11.1 Å². The largest absolute Gasteiger partial charge is 0.310 e. The molecule has 1 amide bonds. The van der Waals surface area contributed by atoms with Crippen LogP contribution in [-0.2, 0) is 17.1 Å². The Bertz CT molecular complexity index is 1480. The summed E-state index contributed by atoms with van der Waals surface area (Å²) in [4.78, 5) is 39.1. The van der Waals surface area contributed by atoms with Crippen molar-refractivity contribution in [1.82, 2.24) is 19.5 Å². The fraction of sp³-hybridized carbons (Fsp3) is 0.217. The Labute approximate surface area is 201 Å². The van der Waals surface area contributed by atoms with Crippen LogP contribution in [0.5, 0.6) is 0 Å². The second kappa shape index (κ2) is 9.50. The molecule has 168 valence electrons. The minimum atomic E-state index is -0.141. The van der Waals surface area contributed by atoms with Gasteiger partial charge in [-0.2, -0.15) is 0 Å². The van der Waals surface area contributed by atoms with Crippen molar-refractivity contribution in [3.8, 4) is 10.4 Å². The number of hydrogen-bond acceptors (Lipinski definition) is 7. The lowest BCUT2D eigenvalue weighted by Crippen LogP contribution is -2.18. The van der Waals surface area contributed by atoms with E-state index in [4.69, 9.17) is 0 Å². The Morgan fingerprint density at radius 1 is 1.18 bits per heavy atom. The fourth-order valence-corrected chi connectivity index (χ4v) is 6.17. The van der Waals surface area contributed by atoms with Gasteiger partial charge in [0, 0.05) is 22.4 Å². The number of aromatic nitrogens is 4. The van der Waals surface area contributed by atoms with Gasteiger partial charge in [-0.25, -0.2) is 9.97 Å². The summed E-state index contributed by atoms with van der Waals surface area (Å²) in [6.07, 6.45) is 0.941. The maximum Gasteiger partial charge on any atom is 0.260 e. The summed E-state index contributed by atoms with van der Waals surface area (Å²) in [5, 5.41) is 7.53. The lowest BCUT2D eigenvalue weighted by Gasteiger charge is -2.09. The molecular weight excluding hydrogens is 474 g/mol. The maximum absolute atomic E-state index is 12.7. The monoisotopic (exact) mass is 495 g/mol. The number of carbonyl (C=O) groups is 1. The van der Waals surface area contributed by atoms with Crippen molar-refractivity contribution in [2.24, 2.45) is 0 Å². The molecule has 10 heteroatoms. The summed E-state index contributed by atoms with van der Waals surface area (Å²) in [5.41, 5.74) is 2.65. The van der Waals surface area contributed by atoms with Crippen molar-refractivity contribution in [1.29, 1.82) is 0 Å². The van der Waals surface area contributed by atoms with E-state index in [-0.39, 0.29) is 17.2 Å². The van der Waals surface area contributed by atoms with Gasteiger partial charge in [-0.05, 0) is 30.0 Å². The predicted molar refractivity (Wildman–Crippen MR) is 138 cm³/mol. The smallest absolute Gasteiger partial charge is 0.260 e. The lowest BCUT2D eigenvalue weighted by atomic mass is 10.2. The number of thiophene rings is 2. The summed E-state index contributed by atoms with van der Waals surface area (Å²) < 4.78 is 2.03. The number of benzene rings is 1. The van der Waals surface area contributed by atoms with Gasteiger partial charge in [0.1, 0.15) is 10.7 Å². The average Bonchev–Trinajstić information content (AvgIpc) is 3.53. The molecule has 33 heavy (non-hydrogen) atoms. The molecule has 0 aliphatic rings. The normalized spacial score (nSPS) is 11.4. The van der Waals surface area contributed by atoms with E-state index in [9.17, 15) is 9.59 Å². The highest BCUT2D eigenvalue weighted by Crippen LogP contribution is 2.33. The molecule has 0 spiro atoms. The number of carbonyl (C=O) groups excluding carboxylic acids is 1. The highest BCUT2D eigenvalue weighted by atomic mass is 32.2. The van der Waals surface area contributed by atoms with Crippen LogP contribution in [0.15, 0.2) is 52.0 Å². The average molecular weight is 496 g/mol. The van der Waals surface area contributed by atoms with Crippen LogP contribution in [0.4, 0.5) is 5.95 Å². The van der Waals surface area contributed by atoms with Gasteiger partial charge >= 0.3 is 0 Å². The molecule has 0 saturated heterocycles. The van der Waals surface area contributed by atoms with Gasteiger partial charge in [-0.1, -0.05) is 25.1 Å². The standard InChI is InChI=1S/C23H21N5O2S3/c1-2-9-28-16-7-4-3-6-15(16)24-23(28)27-19(29)13-31-12-18-25-21(30)20-14(11-33-22(20)26-18)17-8-5-10-32-17/h3-8,10-11H,2,9,12-13H2,1H3,(H,24,27,29)(H,25,26,30). The predicted octanol–water partition coefficient (Wildman–Crippen LogP) is 5.34. The Kier molecular flexibility index (Phi) is 6.30. The summed E-state index contributed by atoms with van der Waals surface area (Å²) in [6.45, 7) is 2.88. The third-order valence-electron chi connectivity index (χ3n) is 5.10. The van der Waals surface area contributed by atoms with E-state index in [1.54, 1.807) is 11.3 Å². The van der Waals surface area contributed by atoms with Crippen molar-refractivity contribution in [3.63, 3.8) is 0 Å². The van der Waals surface area contributed by atoms with Gasteiger partial charge in [-0.3, -0.25) is 14.9 Å². The molecule has 0 aliphatic heterocycles. The van der Waals surface area contributed by atoms with E-state index in [1.807, 2.05) is 51.7 Å². The van der Waals surface area contributed by atoms with Crippen LogP contribution in [0.3, 0.4) is 0 Å². The van der Waals surface area contributed by atoms with Crippen LogP contribution in [0, 0.1) is 0 Å². The van der Waals surface area contributed by atoms with E-state index in [0.717, 1.165) is 39.3 Å². The molecule has 4 heterocycles. The zero-order chi connectivity index (χ0) is 22.8. The number of H-pyrrole nitrogens is 1. The molecule has 4 aromatic heterocycles. The number of fused-ring (bicyclic) bond motifs is 2. The number of nitrogens with zero attached hydrogens (tertiary/aromatic N) is 3. The number of rotatable bonds is 8. The first kappa shape index (κ1) is 21.9. The van der Waals surface area contributed by atoms with Gasteiger partial charge in [0.25, 0.3) is 5.56 Å². The molecule has 1 aromatic carbocycles. The first-order valence-electron chi connectivity index (χ1n) is 10.5. The molecule has 0 unspecified atom stereocenters. The summed E-state index contributed by atoms with van der Waals surface area (Å²) >= 11 is 4.47. The number of thioether (sulfide) groups is 1. The summed E-state index contributed by atoms with van der Waals surface area (Å²) in [7, 11) is 0. The molecule has 0 atom stereocenters. The number of para-hydroxylation sites is 2. The first-order valence-corrected chi connectivity index (χ1v) is 13.4. The van der Waals surface area contributed by atoms with E-state index in [1.165, 1.54) is 23.1 Å². The van der Waals surface area contributed by atoms with Crippen LogP contribution in [-0.4, -0.2) is 31.2 Å². The quantitative estimate of drug-likeness (QED) is 0.303. The molecule has 5 rings (SSSR count). The number of nitrogens with one attached hydrogen (secondary N) is 2. The van der Waals surface area contributed by atoms with Gasteiger partial charge < -0.3 is 9.55 Å². The van der Waals surface area contributed by atoms with Crippen LogP contribution < -0.4 is 10.9 Å². The molecule has 0 fully saturated rings. The Hall–Kier alpha value is -2.95. The van der Waals surface area contributed by atoms with E-state index >= 15 is 0 Å². The number of aryl methyl sites for hydroxylation is 1. The zero-order valence-corrected chi connectivity index (χ0v) is 20.3. The van der Waals surface area contributed by atoms with E-state index in [2.05, 4.69) is 27.2 Å². The number of aromatic amines is 1. The fourth-order valence-electron chi connectivity index (χ4n) is 3.70. The third kappa shape index (κ3) is 4.46. The van der Waals surface area contributed by atoms with Crippen molar-refractivity contribution < 1.29 is 4.79 Å². The second-order valence-electron chi connectivity index (χ2n) is 7.44. The van der Waals surface area contributed by atoms with Gasteiger partial charge in [0.05, 0.1) is 27.9 Å². The molecule has 0 aliphatic carbocycles. The number of anilines is 1. The molecule has 2 N–H and O–H groups in total. The van der Waals surface area contributed by atoms with Gasteiger partial charge in [0.2, 0.25) is 11.9 Å². The highest BCUT2D eigenvalue weighted by molar-refractivity contribution is 7.99. The third-order valence-corrected chi connectivity index (χ3v) is 7.82. The van der Waals surface area contributed by atoms with Crippen LogP contribution >= 0.6 is 34.4 Å². The van der Waals surface area contributed by atoms with Crippen molar-refractivity contribution in [3.05, 3.63) is 63.3 Å². The minimum absolute atomic E-state index is 0.132. The van der Waals surface area contributed by atoms with E-state index in [0.29, 0.717) is 22.9 Å². The highest BCUT2D eigenvalue weighted by Gasteiger charge is 2.15. The molecule has 5 aromatic rings. The van der Waals surface area contributed by atoms with Crippen molar-refractivity contribution >= 4 is 67.5 Å². The molecule has 7 nitrogen and oxygen atoms in total. The summed E-state index contributed by atoms with van der Waals surface area (Å²) in [6, 6.07) is 11.8. The number of hydrogen-bond donors (Lipinski definition) is 2. The van der Waals surface area contributed by atoms with Gasteiger partial charge in [0.15, 0.2) is 0 Å². The minimum Gasteiger partial charge on any atom is -0.310 e. The SMILES string of the molecule is CCCn1c(NC(=O)CSCc2nc3scc(-c4cccs4)c3c(=O)[nH]2)nc2ccccc21. The van der Waals surface area contributed by atoms with Crippen LogP contribution in [0.25, 0.3) is 31.7 Å². The summed E-state index contributed by atoms with van der Waals surface area (Å²) in [5.74, 6) is 1.68. The topological polar surface area (TPSA) is 92.7 Å². The van der Waals surface area contributed by atoms with E-state index < -0.39 is 0 Å². The maximum atomic E-state index is 12.7. The second-order valence-corrected chi connectivity index (χ2v) is 10.2. The molecule has 0 bridgehead atoms. The van der Waals surface area contributed by atoms with Gasteiger partial charge in [-0.15, -0.1) is 34.4 Å². The molecule has 0 radical (unpaired) electrons. The Morgan fingerprint density at radius 3 is 2.88 bits per heavy atom.